The summed E-state index contributed by atoms with van der Waals surface area (Å²) in [6, 6.07) is 0. The standard InChI is InChI=1S/C14H26N4O/c1-6-7-14(4,19)8-16-13-11(10(2)3)12(15-5)17-9-18-13/h9-10,19H,6-8H2,1-5H3,(H2,15,16,17,18). The second kappa shape index (κ2) is 6.70. The Morgan fingerprint density at radius 1 is 1.32 bits per heavy atom. The van der Waals surface area contributed by atoms with Crippen LogP contribution in [0.15, 0.2) is 6.33 Å². The Morgan fingerprint density at radius 3 is 2.47 bits per heavy atom. The SMILES string of the molecule is CCCC(C)(O)CNc1ncnc(NC)c1C(C)C. The molecule has 1 unspecified atom stereocenters. The summed E-state index contributed by atoms with van der Waals surface area (Å²) in [6.45, 7) is 8.61. The quantitative estimate of drug-likeness (QED) is 0.707. The Morgan fingerprint density at radius 2 is 1.95 bits per heavy atom. The molecule has 0 saturated carbocycles. The van der Waals surface area contributed by atoms with Gasteiger partial charge in [-0.1, -0.05) is 27.2 Å². The first-order chi connectivity index (χ1) is 8.91. The van der Waals surface area contributed by atoms with E-state index in [0.717, 1.165) is 30.0 Å². The summed E-state index contributed by atoms with van der Waals surface area (Å²) in [5.74, 6) is 1.94. The third-order valence-electron chi connectivity index (χ3n) is 3.12. The van der Waals surface area contributed by atoms with Crippen molar-refractivity contribution in [1.82, 2.24) is 9.97 Å². The van der Waals surface area contributed by atoms with Crippen molar-refractivity contribution in [3.63, 3.8) is 0 Å². The third-order valence-corrected chi connectivity index (χ3v) is 3.12. The highest BCUT2D eigenvalue weighted by Crippen LogP contribution is 2.28. The van der Waals surface area contributed by atoms with Crippen molar-refractivity contribution in [2.75, 3.05) is 24.2 Å². The van der Waals surface area contributed by atoms with E-state index in [-0.39, 0.29) is 0 Å². The lowest BCUT2D eigenvalue weighted by molar-refractivity contribution is 0.0636. The molecule has 0 radical (unpaired) electrons. The fourth-order valence-corrected chi connectivity index (χ4v) is 2.18. The van der Waals surface area contributed by atoms with Crippen LogP contribution in [0.3, 0.4) is 0 Å². The Balaban J connectivity index is 2.89. The van der Waals surface area contributed by atoms with Crippen molar-refractivity contribution in [2.24, 2.45) is 0 Å². The van der Waals surface area contributed by atoms with E-state index in [2.05, 4.69) is 41.4 Å². The lowest BCUT2D eigenvalue weighted by Crippen LogP contribution is -2.33. The van der Waals surface area contributed by atoms with E-state index < -0.39 is 5.60 Å². The molecule has 5 heteroatoms. The normalized spacial score (nSPS) is 14.3. The number of aliphatic hydroxyl groups is 1. The molecule has 1 aromatic heterocycles. The minimum atomic E-state index is -0.715. The molecule has 0 aliphatic carbocycles. The summed E-state index contributed by atoms with van der Waals surface area (Å²) in [7, 11) is 1.85. The van der Waals surface area contributed by atoms with Crippen molar-refractivity contribution in [2.45, 2.75) is 52.1 Å². The monoisotopic (exact) mass is 266 g/mol. The second-order valence-electron chi connectivity index (χ2n) is 5.49. The van der Waals surface area contributed by atoms with Crippen molar-refractivity contribution in [3.8, 4) is 0 Å². The molecule has 1 aromatic rings. The van der Waals surface area contributed by atoms with Gasteiger partial charge in [-0.3, -0.25) is 0 Å². The van der Waals surface area contributed by atoms with Crippen LogP contribution in [0.4, 0.5) is 11.6 Å². The van der Waals surface area contributed by atoms with Crippen LogP contribution in [0.5, 0.6) is 0 Å². The van der Waals surface area contributed by atoms with Crippen LogP contribution in [0.25, 0.3) is 0 Å². The van der Waals surface area contributed by atoms with Gasteiger partial charge in [0.15, 0.2) is 0 Å². The van der Waals surface area contributed by atoms with Crippen LogP contribution >= 0.6 is 0 Å². The van der Waals surface area contributed by atoms with Gasteiger partial charge in [0.1, 0.15) is 18.0 Å². The predicted octanol–water partition coefficient (Wildman–Crippen LogP) is 2.60. The molecule has 0 aliphatic rings. The van der Waals surface area contributed by atoms with E-state index in [1.165, 1.54) is 6.33 Å². The van der Waals surface area contributed by atoms with Gasteiger partial charge in [-0.15, -0.1) is 0 Å². The van der Waals surface area contributed by atoms with Crippen LogP contribution in [-0.2, 0) is 0 Å². The van der Waals surface area contributed by atoms with Crippen LogP contribution in [0, 0.1) is 0 Å². The van der Waals surface area contributed by atoms with Gasteiger partial charge in [0.2, 0.25) is 0 Å². The Bertz CT molecular complexity index is 404. The van der Waals surface area contributed by atoms with Gasteiger partial charge < -0.3 is 15.7 Å². The summed E-state index contributed by atoms with van der Waals surface area (Å²) >= 11 is 0. The zero-order chi connectivity index (χ0) is 14.5. The number of hydrogen-bond acceptors (Lipinski definition) is 5. The summed E-state index contributed by atoms with van der Waals surface area (Å²) < 4.78 is 0. The smallest absolute Gasteiger partial charge is 0.135 e. The van der Waals surface area contributed by atoms with Crippen LogP contribution in [-0.4, -0.2) is 34.3 Å². The number of nitrogens with zero attached hydrogens (tertiary/aromatic N) is 2. The van der Waals surface area contributed by atoms with Gasteiger partial charge in [-0.2, -0.15) is 0 Å². The first kappa shape index (κ1) is 15.7. The molecule has 19 heavy (non-hydrogen) atoms. The van der Waals surface area contributed by atoms with Gasteiger partial charge in [0, 0.05) is 19.2 Å². The molecule has 0 amide bonds. The Hall–Kier alpha value is -1.36. The molecule has 0 spiro atoms. The van der Waals surface area contributed by atoms with E-state index in [9.17, 15) is 5.11 Å². The number of hydrogen-bond donors (Lipinski definition) is 3. The van der Waals surface area contributed by atoms with Gasteiger partial charge in [0.05, 0.1) is 5.60 Å². The van der Waals surface area contributed by atoms with E-state index in [0.29, 0.717) is 12.5 Å². The van der Waals surface area contributed by atoms with Crippen molar-refractivity contribution in [3.05, 3.63) is 11.9 Å². The lowest BCUT2D eigenvalue weighted by Gasteiger charge is -2.25. The largest absolute Gasteiger partial charge is 0.388 e. The average molecular weight is 266 g/mol. The first-order valence-corrected chi connectivity index (χ1v) is 6.90. The summed E-state index contributed by atoms with van der Waals surface area (Å²) in [4.78, 5) is 8.53. The zero-order valence-electron chi connectivity index (χ0n) is 12.6. The highest BCUT2D eigenvalue weighted by molar-refractivity contribution is 5.58. The number of nitrogens with one attached hydrogen (secondary N) is 2. The van der Waals surface area contributed by atoms with Gasteiger partial charge in [-0.25, -0.2) is 9.97 Å². The lowest BCUT2D eigenvalue weighted by atomic mass is 10.00. The first-order valence-electron chi connectivity index (χ1n) is 6.90. The molecule has 3 N–H and O–H groups in total. The van der Waals surface area contributed by atoms with Gasteiger partial charge >= 0.3 is 0 Å². The minimum Gasteiger partial charge on any atom is -0.388 e. The fraction of sp³-hybridized carbons (Fsp3) is 0.714. The maximum Gasteiger partial charge on any atom is 0.135 e. The molecular weight excluding hydrogens is 240 g/mol. The molecule has 0 saturated heterocycles. The summed E-state index contributed by atoms with van der Waals surface area (Å²) in [5.41, 5.74) is 0.339. The molecule has 1 heterocycles. The van der Waals surface area contributed by atoms with Crippen molar-refractivity contribution in [1.29, 1.82) is 0 Å². The summed E-state index contributed by atoms with van der Waals surface area (Å²) in [5, 5.41) is 16.5. The van der Waals surface area contributed by atoms with E-state index in [4.69, 9.17) is 0 Å². The molecule has 5 nitrogen and oxygen atoms in total. The second-order valence-corrected chi connectivity index (χ2v) is 5.49. The highest BCUT2D eigenvalue weighted by Gasteiger charge is 2.21. The topological polar surface area (TPSA) is 70.1 Å². The maximum atomic E-state index is 10.2. The molecule has 1 atom stereocenters. The Kier molecular flexibility index (Phi) is 5.54. The summed E-state index contributed by atoms with van der Waals surface area (Å²) in [6.07, 6.45) is 3.26. The zero-order valence-corrected chi connectivity index (χ0v) is 12.6. The number of aromatic nitrogens is 2. The third kappa shape index (κ3) is 4.35. The predicted molar refractivity (Wildman–Crippen MR) is 79.7 cm³/mol. The van der Waals surface area contributed by atoms with Gasteiger partial charge in [0.25, 0.3) is 0 Å². The van der Waals surface area contributed by atoms with E-state index in [1.807, 2.05) is 14.0 Å². The fourth-order valence-electron chi connectivity index (χ4n) is 2.18. The van der Waals surface area contributed by atoms with Crippen LogP contribution in [0.2, 0.25) is 0 Å². The Labute approximate surface area is 115 Å². The maximum absolute atomic E-state index is 10.2. The number of rotatable bonds is 7. The van der Waals surface area contributed by atoms with Crippen LogP contribution in [0.1, 0.15) is 52.0 Å². The average Bonchev–Trinajstić information content (AvgIpc) is 2.35. The minimum absolute atomic E-state index is 0.308. The molecular formula is C14H26N4O. The molecule has 108 valence electrons. The van der Waals surface area contributed by atoms with Crippen LogP contribution < -0.4 is 10.6 Å². The van der Waals surface area contributed by atoms with Gasteiger partial charge in [-0.05, 0) is 19.3 Å². The van der Waals surface area contributed by atoms with E-state index >= 15 is 0 Å². The molecule has 0 aliphatic heterocycles. The highest BCUT2D eigenvalue weighted by atomic mass is 16.3. The van der Waals surface area contributed by atoms with Crippen molar-refractivity contribution >= 4 is 11.6 Å². The molecule has 1 rings (SSSR count). The molecule has 0 aromatic carbocycles. The number of anilines is 2. The van der Waals surface area contributed by atoms with E-state index in [1.54, 1.807) is 0 Å². The van der Waals surface area contributed by atoms with Crippen molar-refractivity contribution < 1.29 is 5.11 Å². The molecule has 0 bridgehead atoms. The molecule has 0 fully saturated rings.